The van der Waals surface area contributed by atoms with E-state index in [0.29, 0.717) is 64.3 Å². The van der Waals surface area contributed by atoms with Crippen molar-refractivity contribution in [3.05, 3.63) is 0 Å². The van der Waals surface area contributed by atoms with Crippen LogP contribution < -0.4 is 0 Å². The van der Waals surface area contributed by atoms with Crippen molar-refractivity contribution in [1.82, 2.24) is 0 Å². The summed E-state index contributed by atoms with van der Waals surface area (Å²) in [7, 11) is 0. The summed E-state index contributed by atoms with van der Waals surface area (Å²) in [6.07, 6.45) is 11.5. The predicted octanol–water partition coefficient (Wildman–Crippen LogP) is 5.54. The summed E-state index contributed by atoms with van der Waals surface area (Å²) in [6.45, 7) is 11.7. The lowest BCUT2D eigenvalue weighted by Crippen LogP contribution is -2.23. The van der Waals surface area contributed by atoms with Gasteiger partial charge >= 0.3 is 5.97 Å². The Morgan fingerprint density at radius 3 is 1.97 bits per heavy atom. The van der Waals surface area contributed by atoms with Crippen molar-refractivity contribution in [2.45, 2.75) is 104 Å². The molecule has 0 radical (unpaired) electrons. The molecule has 0 aliphatic heterocycles. The minimum Gasteiger partial charge on any atom is -0.465 e. The van der Waals surface area contributed by atoms with E-state index >= 15 is 0 Å². The summed E-state index contributed by atoms with van der Waals surface area (Å²) >= 11 is 0. The minimum absolute atomic E-state index is 0.0295. The number of carbonyl (C=O) groups excluding carboxylic acids is 1. The molecule has 0 rings (SSSR count). The average Bonchev–Trinajstić information content (AvgIpc) is 2.81. The molecule has 0 saturated heterocycles. The summed E-state index contributed by atoms with van der Waals surface area (Å²) in [4.78, 5) is 12.3. The highest BCUT2D eigenvalue weighted by atomic mass is 16.5. The van der Waals surface area contributed by atoms with Gasteiger partial charge in [-0.1, -0.05) is 72.6 Å². The Morgan fingerprint density at radius 2 is 1.38 bits per heavy atom. The first-order valence-electron chi connectivity index (χ1n) is 13.1. The molecule has 0 aromatic carbocycles. The molecule has 0 bridgehead atoms. The van der Waals surface area contributed by atoms with E-state index in [2.05, 4.69) is 27.7 Å². The Bertz CT molecular complexity index is 404. The zero-order chi connectivity index (χ0) is 23.9. The summed E-state index contributed by atoms with van der Waals surface area (Å²) in [5, 5.41) is 8.69. The van der Waals surface area contributed by atoms with Crippen molar-refractivity contribution >= 4 is 5.97 Å². The molecule has 0 aromatic rings. The average molecular weight is 461 g/mol. The molecular formula is C26H52O6. The maximum atomic E-state index is 12.3. The maximum Gasteiger partial charge on any atom is 0.305 e. The molecule has 0 heterocycles. The van der Waals surface area contributed by atoms with Crippen LogP contribution in [0.4, 0.5) is 0 Å². The molecule has 0 aromatic heterocycles. The second-order valence-electron chi connectivity index (χ2n) is 8.73. The predicted molar refractivity (Wildman–Crippen MR) is 130 cm³/mol. The fraction of sp³-hybridized carbons (Fsp3) is 0.962. The molecule has 0 aliphatic carbocycles. The van der Waals surface area contributed by atoms with E-state index in [1.165, 1.54) is 32.1 Å². The van der Waals surface area contributed by atoms with Crippen LogP contribution in [0.25, 0.3) is 0 Å². The van der Waals surface area contributed by atoms with Crippen LogP contribution in [0, 0.1) is 11.8 Å². The second kappa shape index (κ2) is 23.5. The smallest absolute Gasteiger partial charge is 0.305 e. The third-order valence-electron chi connectivity index (χ3n) is 6.02. The number of aliphatic hydroxyl groups excluding tert-OH is 1. The van der Waals surface area contributed by atoms with Gasteiger partial charge in [0.25, 0.3) is 0 Å². The SMILES string of the molecule is CCCCC(CC)COC(=O)CCC(CC(CC)CCCC)OCCOCCOCCO. The van der Waals surface area contributed by atoms with Crippen LogP contribution in [0.3, 0.4) is 0 Å². The third kappa shape index (κ3) is 18.8. The zero-order valence-electron chi connectivity index (χ0n) is 21.4. The van der Waals surface area contributed by atoms with Gasteiger partial charge in [-0.05, 0) is 31.1 Å². The summed E-state index contributed by atoms with van der Waals surface area (Å²) in [5.74, 6) is 0.998. The Morgan fingerprint density at radius 1 is 0.781 bits per heavy atom. The van der Waals surface area contributed by atoms with Crippen molar-refractivity contribution in [3.63, 3.8) is 0 Å². The molecule has 0 spiro atoms. The van der Waals surface area contributed by atoms with Crippen LogP contribution in [0.2, 0.25) is 0 Å². The minimum atomic E-state index is -0.104. The number of hydrogen-bond acceptors (Lipinski definition) is 6. The van der Waals surface area contributed by atoms with Gasteiger partial charge in [-0.25, -0.2) is 0 Å². The molecule has 6 nitrogen and oxygen atoms in total. The zero-order valence-corrected chi connectivity index (χ0v) is 21.4. The van der Waals surface area contributed by atoms with Crippen LogP contribution in [-0.4, -0.2) is 63.4 Å². The van der Waals surface area contributed by atoms with Crippen LogP contribution in [0.15, 0.2) is 0 Å². The molecular weight excluding hydrogens is 408 g/mol. The van der Waals surface area contributed by atoms with Gasteiger partial charge in [0.15, 0.2) is 0 Å². The van der Waals surface area contributed by atoms with Gasteiger partial charge < -0.3 is 24.1 Å². The van der Waals surface area contributed by atoms with Gasteiger partial charge in [-0.15, -0.1) is 0 Å². The van der Waals surface area contributed by atoms with E-state index in [1.54, 1.807) is 0 Å². The Hall–Kier alpha value is -0.690. The maximum absolute atomic E-state index is 12.3. The summed E-state index contributed by atoms with van der Waals surface area (Å²) < 4.78 is 22.4. The van der Waals surface area contributed by atoms with Crippen molar-refractivity contribution in [2.24, 2.45) is 11.8 Å². The first-order chi connectivity index (χ1) is 15.6. The largest absolute Gasteiger partial charge is 0.465 e. The first-order valence-corrected chi connectivity index (χ1v) is 13.1. The molecule has 0 saturated carbocycles. The number of esters is 1. The lowest BCUT2D eigenvalue weighted by Gasteiger charge is -2.23. The van der Waals surface area contributed by atoms with Crippen LogP contribution >= 0.6 is 0 Å². The number of rotatable bonds is 24. The normalized spacial score (nSPS) is 14.3. The number of unbranched alkanes of at least 4 members (excludes halogenated alkanes) is 2. The van der Waals surface area contributed by atoms with E-state index in [0.717, 1.165) is 25.7 Å². The van der Waals surface area contributed by atoms with Crippen LogP contribution in [0.5, 0.6) is 0 Å². The van der Waals surface area contributed by atoms with E-state index in [9.17, 15) is 4.79 Å². The topological polar surface area (TPSA) is 74.2 Å². The fourth-order valence-electron chi connectivity index (χ4n) is 3.74. The number of aliphatic hydroxyl groups is 1. The third-order valence-corrected chi connectivity index (χ3v) is 6.02. The van der Waals surface area contributed by atoms with Gasteiger partial charge in [-0.2, -0.15) is 0 Å². The molecule has 192 valence electrons. The van der Waals surface area contributed by atoms with Gasteiger partial charge in [0.05, 0.1) is 52.4 Å². The van der Waals surface area contributed by atoms with Crippen LogP contribution in [0.1, 0.15) is 98.3 Å². The van der Waals surface area contributed by atoms with Gasteiger partial charge in [-0.3, -0.25) is 4.79 Å². The van der Waals surface area contributed by atoms with E-state index in [4.69, 9.17) is 24.1 Å². The van der Waals surface area contributed by atoms with Crippen molar-refractivity contribution in [1.29, 1.82) is 0 Å². The Kier molecular flexibility index (Phi) is 23.0. The van der Waals surface area contributed by atoms with Crippen molar-refractivity contribution in [2.75, 3.05) is 46.2 Å². The molecule has 6 heteroatoms. The van der Waals surface area contributed by atoms with Gasteiger partial charge in [0, 0.05) is 6.42 Å². The monoisotopic (exact) mass is 460 g/mol. The molecule has 0 fully saturated rings. The molecule has 3 atom stereocenters. The Balaban J connectivity index is 4.39. The lowest BCUT2D eigenvalue weighted by molar-refractivity contribution is -0.146. The molecule has 0 aliphatic rings. The van der Waals surface area contributed by atoms with Crippen LogP contribution in [-0.2, 0) is 23.7 Å². The Labute approximate surface area is 197 Å². The van der Waals surface area contributed by atoms with Crippen molar-refractivity contribution < 1.29 is 28.8 Å². The van der Waals surface area contributed by atoms with E-state index in [1.807, 2.05) is 0 Å². The number of hydrogen-bond donors (Lipinski definition) is 1. The molecule has 32 heavy (non-hydrogen) atoms. The van der Waals surface area contributed by atoms with Gasteiger partial charge in [0.1, 0.15) is 0 Å². The molecule has 3 unspecified atom stereocenters. The number of ether oxygens (including phenoxy) is 4. The van der Waals surface area contributed by atoms with Gasteiger partial charge in [0.2, 0.25) is 0 Å². The first kappa shape index (κ1) is 31.3. The second-order valence-corrected chi connectivity index (χ2v) is 8.73. The van der Waals surface area contributed by atoms with E-state index < -0.39 is 0 Å². The highest BCUT2D eigenvalue weighted by molar-refractivity contribution is 5.69. The highest BCUT2D eigenvalue weighted by Crippen LogP contribution is 2.23. The quantitative estimate of drug-likeness (QED) is 0.150. The standard InChI is InChI=1S/C26H52O6/c1-5-9-11-23(7-3)21-25(31-20-19-30-18-17-29-16-15-27)13-14-26(28)32-22-24(8-4)12-10-6-2/h23-25,27H,5-22H2,1-4H3. The highest BCUT2D eigenvalue weighted by Gasteiger charge is 2.18. The number of carbonyl (C=O) groups is 1. The molecule has 1 N–H and O–H groups in total. The van der Waals surface area contributed by atoms with E-state index in [-0.39, 0.29) is 18.7 Å². The molecule has 0 amide bonds. The fourth-order valence-corrected chi connectivity index (χ4v) is 3.74. The summed E-state index contributed by atoms with van der Waals surface area (Å²) in [6, 6.07) is 0. The van der Waals surface area contributed by atoms with Crippen molar-refractivity contribution in [3.8, 4) is 0 Å². The lowest BCUT2D eigenvalue weighted by atomic mass is 9.91. The summed E-state index contributed by atoms with van der Waals surface area (Å²) in [5.41, 5.74) is 0.